The number of aliphatic hydroxyl groups is 2. The van der Waals surface area contributed by atoms with E-state index < -0.39 is 12.2 Å². The predicted molar refractivity (Wildman–Crippen MR) is 72.5 cm³/mol. The normalized spacial score (nSPS) is 19.6. The highest BCUT2D eigenvalue weighted by Crippen LogP contribution is 2.24. The van der Waals surface area contributed by atoms with Crippen molar-refractivity contribution in [2.75, 3.05) is 24.5 Å². The fourth-order valence-corrected chi connectivity index (χ4v) is 2.41. The van der Waals surface area contributed by atoms with Gasteiger partial charge in [-0.2, -0.15) is 0 Å². The zero-order valence-electron chi connectivity index (χ0n) is 10.6. The molecule has 0 amide bonds. The third kappa shape index (κ3) is 3.02. The van der Waals surface area contributed by atoms with Gasteiger partial charge in [-0.05, 0) is 37.0 Å². The third-order valence-electron chi connectivity index (χ3n) is 3.54. The van der Waals surface area contributed by atoms with Gasteiger partial charge in [-0.15, -0.1) is 0 Å². The second-order valence-electron chi connectivity index (χ2n) is 4.89. The van der Waals surface area contributed by atoms with Gasteiger partial charge < -0.3 is 20.8 Å². The maximum atomic E-state index is 9.96. The van der Waals surface area contributed by atoms with Crippen LogP contribution in [0, 0.1) is 0 Å². The molecule has 1 fully saturated rings. The first-order valence-electron chi connectivity index (χ1n) is 6.63. The molecule has 4 N–H and O–H groups in total. The van der Waals surface area contributed by atoms with Crippen molar-refractivity contribution in [2.45, 2.75) is 31.5 Å². The smallest absolute Gasteiger partial charge is 0.106 e. The topological polar surface area (TPSA) is 69.7 Å². The molecule has 0 bridgehead atoms. The Morgan fingerprint density at radius 1 is 1.17 bits per heavy atom. The molecule has 4 heteroatoms. The van der Waals surface area contributed by atoms with Crippen molar-refractivity contribution in [3.05, 3.63) is 29.8 Å². The lowest BCUT2D eigenvalue weighted by Crippen LogP contribution is -2.30. The van der Waals surface area contributed by atoms with Crippen LogP contribution in [0.1, 0.15) is 30.9 Å². The number of nitrogens with two attached hydrogens (primary N) is 1. The van der Waals surface area contributed by atoms with E-state index in [1.807, 2.05) is 18.2 Å². The quantitative estimate of drug-likeness (QED) is 0.746. The standard InChI is InChI=1S/C14H22N2O2/c15-10-13(17)14(18)11-5-4-6-12(9-11)16-7-2-1-3-8-16/h4-6,9,13-14,17-18H,1-3,7-8,10,15H2. The van der Waals surface area contributed by atoms with E-state index in [-0.39, 0.29) is 6.54 Å². The molecule has 2 rings (SSSR count). The Labute approximate surface area is 108 Å². The van der Waals surface area contributed by atoms with Crippen LogP contribution in [-0.2, 0) is 0 Å². The van der Waals surface area contributed by atoms with Gasteiger partial charge in [-0.3, -0.25) is 0 Å². The summed E-state index contributed by atoms with van der Waals surface area (Å²) in [5.74, 6) is 0. The predicted octanol–water partition coefficient (Wildman–Crippen LogP) is 1.03. The maximum absolute atomic E-state index is 9.96. The van der Waals surface area contributed by atoms with Crippen LogP contribution in [0.25, 0.3) is 0 Å². The molecule has 1 aliphatic rings. The highest BCUT2D eigenvalue weighted by Gasteiger charge is 2.18. The number of nitrogens with zero attached hydrogens (tertiary/aromatic N) is 1. The van der Waals surface area contributed by atoms with Crippen LogP contribution in [0.4, 0.5) is 5.69 Å². The second-order valence-corrected chi connectivity index (χ2v) is 4.89. The van der Waals surface area contributed by atoms with Crippen LogP contribution in [0.15, 0.2) is 24.3 Å². The molecule has 0 aliphatic carbocycles. The third-order valence-corrected chi connectivity index (χ3v) is 3.54. The molecular formula is C14H22N2O2. The highest BCUT2D eigenvalue weighted by atomic mass is 16.3. The minimum atomic E-state index is -0.903. The van der Waals surface area contributed by atoms with Gasteiger partial charge >= 0.3 is 0 Å². The maximum Gasteiger partial charge on any atom is 0.106 e. The van der Waals surface area contributed by atoms with E-state index >= 15 is 0 Å². The minimum Gasteiger partial charge on any atom is -0.389 e. The summed E-state index contributed by atoms with van der Waals surface area (Å²) in [5, 5.41) is 19.6. The van der Waals surface area contributed by atoms with Crippen LogP contribution in [0.2, 0.25) is 0 Å². The van der Waals surface area contributed by atoms with Crippen molar-refractivity contribution in [1.29, 1.82) is 0 Å². The summed E-state index contributed by atoms with van der Waals surface area (Å²) in [7, 11) is 0. The van der Waals surface area contributed by atoms with Crippen LogP contribution >= 0.6 is 0 Å². The van der Waals surface area contributed by atoms with Gasteiger partial charge in [0.25, 0.3) is 0 Å². The number of rotatable bonds is 4. The molecule has 18 heavy (non-hydrogen) atoms. The van der Waals surface area contributed by atoms with Crippen LogP contribution in [-0.4, -0.2) is 36.0 Å². The summed E-state index contributed by atoms with van der Waals surface area (Å²) in [6.07, 6.45) is 1.93. The fourth-order valence-electron chi connectivity index (χ4n) is 2.41. The number of benzene rings is 1. The van der Waals surface area contributed by atoms with Crippen molar-refractivity contribution in [1.82, 2.24) is 0 Å². The van der Waals surface area contributed by atoms with Crippen LogP contribution < -0.4 is 10.6 Å². The van der Waals surface area contributed by atoms with Gasteiger partial charge in [-0.1, -0.05) is 12.1 Å². The first-order chi connectivity index (χ1) is 8.72. The SMILES string of the molecule is NCC(O)C(O)c1cccc(N2CCCCC2)c1. The Balaban J connectivity index is 2.13. The fraction of sp³-hybridized carbons (Fsp3) is 0.571. The van der Waals surface area contributed by atoms with Gasteiger partial charge in [0.1, 0.15) is 6.10 Å². The highest BCUT2D eigenvalue weighted by molar-refractivity contribution is 5.49. The molecule has 0 aromatic heterocycles. The van der Waals surface area contributed by atoms with Gasteiger partial charge in [0.2, 0.25) is 0 Å². The van der Waals surface area contributed by atoms with E-state index in [2.05, 4.69) is 11.0 Å². The van der Waals surface area contributed by atoms with E-state index in [4.69, 9.17) is 5.73 Å². The van der Waals surface area contributed by atoms with E-state index in [9.17, 15) is 10.2 Å². The summed E-state index contributed by atoms with van der Waals surface area (Å²) < 4.78 is 0. The molecule has 1 aromatic rings. The summed E-state index contributed by atoms with van der Waals surface area (Å²) in [5.41, 5.74) is 7.22. The van der Waals surface area contributed by atoms with Crippen LogP contribution in [0.3, 0.4) is 0 Å². The van der Waals surface area contributed by atoms with Gasteiger partial charge in [0.15, 0.2) is 0 Å². The van der Waals surface area contributed by atoms with Crippen molar-refractivity contribution in [3.63, 3.8) is 0 Å². The Morgan fingerprint density at radius 2 is 1.89 bits per heavy atom. The van der Waals surface area contributed by atoms with Crippen molar-refractivity contribution < 1.29 is 10.2 Å². The Bertz CT molecular complexity index is 361. The number of aliphatic hydroxyl groups excluding tert-OH is 2. The molecule has 100 valence electrons. The first-order valence-corrected chi connectivity index (χ1v) is 6.63. The van der Waals surface area contributed by atoms with E-state index in [0.29, 0.717) is 0 Å². The Morgan fingerprint density at radius 3 is 2.56 bits per heavy atom. The van der Waals surface area contributed by atoms with Gasteiger partial charge in [0, 0.05) is 25.3 Å². The molecule has 4 nitrogen and oxygen atoms in total. The van der Waals surface area contributed by atoms with Crippen molar-refractivity contribution in [2.24, 2.45) is 5.73 Å². The Hall–Kier alpha value is -1.10. The minimum absolute atomic E-state index is 0.0646. The number of anilines is 1. The lowest BCUT2D eigenvalue weighted by atomic mass is 10.0. The van der Waals surface area contributed by atoms with Crippen LogP contribution in [0.5, 0.6) is 0 Å². The molecule has 0 saturated carbocycles. The largest absolute Gasteiger partial charge is 0.389 e. The molecular weight excluding hydrogens is 228 g/mol. The molecule has 1 saturated heterocycles. The molecule has 2 unspecified atom stereocenters. The Kier molecular flexibility index (Phi) is 4.58. The molecule has 2 atom stereocenters. The average Bonchev–Trinajstić information content (AvgIpc) is 2.46. The molecule has 0 radical (unpaired) electrons. The lowest BCUT2D eigenvalue weighted by Gasteiger charge is -2.29. The van der Waals surface area contributed by atoms with Gasteiger partial charge in [0.05, 0.1) is 6.10 Å². The first kappa shape index (κ1) is 13.3. The zero-order chi connectivity index (χ0) is 13.0. The zero-order valence-corrected chi connectivity index (χ0v) is 10.6. The number of piperidine rings is 1. The lowest BCUT2D eigenvalue weighted by molar-refractivity contribution is 0.0243. The summed E-state index contributed by atoms with van der Waals surface area (Å²) in [4.78, 5) is 2.33. The summed E-state index contributed by atoms with van der Waals surface area (Å²) >= 11 is 0. The number of hydrogen-bond acceptors (Lipinski definition) is 4. The van der Waals surface area contributed by atoms with Gasteiger partial charge in [-0.25, -0.2) is 0 Å². The van der Waals surface area contributed by atoms with E-state index in [0.717, 1.165) is 24.3 Å². The molecule has 1 aliphatic heterocycles. The number of hydrogen-bond donors (Lipinski definition) is 3. The van der Waals surface area contributed by atoms with E-state index in [1.165, 1.54) is 19.3 Å². The van der Waals surface area contributed by atoms with Crippen molar-refractivity contribution in [3.8, 4) is 0 Å². The molecule has 1 heterocycles. The van der Waals surface area contributed by atoms with E-state index in [1.54, 1.807) is 0 Å². The monoisotopic (exact) mass is 250 g/mol. The second kappa shape index (κ2) is 6.18. The van der Waals surface area contributed by atoms with Crippen molar-refractivity contribution >= 4 is 5.69 Å². The summed E-state index contributed by atoms with van der Waals surface area (Å²) in [6, 6.07) is 7.76. The average molecular weight is 250 g/mol. The summed E-state index contributed by atoms with van der Waals surface area (Å²) in [6.45, 7) is 2.20. The molecule has 0 spiro atoms. The molecule has 1 aromatic carbocycles.